The number of benzene rings is 1. The van der Waals surface area contributed by atoms with Crippen LogP contribution in [0.25, 0.3) is 0 Å². The van der Waals surface area contributed by atoms with Gasteiger partial charge in [-0.3, -0.25) is 0 Å². The Balaban J connectivity index is 2.74. The van der Waals surface area contributed by atoms with Gasteiger partial charge in [0.15, 0.2) is 0 Å². The first-order chi connectivity index (χ1) is 9.41. The molecule has 0 aromatic heterocycles. The van der Waals surface area contributed by atoms with Crippen molar-refractivity contribution in [1.82, 2.24) is 0 Å². The fraction of sp³-hybridized carbons (Fsp3) is 0.625. The highest BCUT2D eigenvalue weighted by Crippen LogP contribution is 2.29. The first-order valence-electron chi connectivity index (χ1n) is 7.08. The van der Waals surface area contributed by atoms with Crippen LogP contribution in [-0.2, 0) is 9.47 Å². The highest BCUT2D eigenvalue weighted by Gasteiger charge is 2.23. The van der Waals surface area contributed by atoms with E-state index in [1.807, 2.05) is 38.1 Å². The van der Waals surface area contributed by atoms with Gasteiger partial charge in [-0.25, -0.2) is 0 Å². The average Bonchev–Trinajstić information content (AvgIpc) is 2.44. The molecule has 4 heteroatoms. The van der Waals surface area contributed by atoms with Crippen LogP contribution in [0.1, 0.15) is 45.3 Å². The summed E-state index contributed by atoms with van der Waals surface area (Å²) in [5.74, 6) is 0. The third kappa shape index (κ3) is 5.06. The van der Waals surface area contributed by atoms with Crippen molar-refractivity contribution < 1.29 is 9.47 Å². The van der Waals surface area contributed by atoms with E-state index in [-0.39, 0.29) is 17.7 Å². The standard InChI is InChI=1S/C16H26ClNO2/c1-5-14(18)15(12-8-6-7-9-13(12)17)20-11-10-16(2,3)19-4/h6-9,14-15H,5,10-11,18H2,1-4H3. The molecule has 0 aliphatic rings. The van der Waals surface area contributed by atoms with Gasteiger partial charge in [0.2, 0.25) is 0 Å². The van der Waals surface area contributed by atoms with Crippen molar-refractivity contribution in [2.24, 2.45) is 5.73 Å². The van der Waals surface area contributed by atoms with Gasteiger partial charge in [-0.1, -0.05) is 36.7 Å². The largest absolute Gasteiger partial charge is 0.379 e. The monoisotopic (exact) mass is 299 g/mol. The lowest BCUT2D eigenvalue weighted by Crippen LogP contribution is -2.32. The average molecular weight is 300 g/mol. The van der Waals surface area contributed by atoms with Crippen LogP contribution in [0.2, 0.25) is 5.02 Å². The minimum atomic E-state index is -0.193. The van der Waals surface area contributed by atoms with Crippen LogP contribution in [0.15, 0.2) is 24.3 Å². The smallest absolute Gasteiger partial charge is 0.0989 e. The van der Waals surface area contributed by atoms with E-state index in [0.717, 1.165) is 18.4 Å². The van der Waals surface area contributed by atoms with Crippen LogP contribution in [0.4, 0.5) is 0 Å². The highest BCUT2D eigenvalue weighted by atomic mass is 35.5. The molecule has 0 fully saturated rings. The predicted molar refractivity (Wildman–Crippen MR) is 84.1 cm³/mol. The number of nitrogens with two attached hydrogens (primary N) is 1. The van der Waals surface area contributed by atoms with Crippen molar-refractivity contribution in [3.05, 3.63) is 34.9 Å². The Bertz CT molecular complexity index is 409. The summed E-state index contributed by atoms with van der Waals surface area (Å²) in [4.78, 5) is 0. The van der Waals surface area contributed by atoms with Gasteiger partial charge in [0.05, 0.1) is 18.3 Å². The lowest BCUT2D eigenvalue weighted by molar-refractivity contribution is -0.0332. The summed E-state index contributed by atoms with van der Waals surface area (Å²) >= 11 is 6.26. The van der Waals surface area contributed by atoms with Crippen molar-refractivity contribution in [2.45, 2.75) is 51.4 Å². The molecule has 20 heavy (non-hydrogen) atoms. The summed E-state index contributed by atoms with van der Waals surface area (Å²) in [6.07, 6.45) is 1.46. The van der Waals surface area contributed by atoms with E-state index in [2.05, 4.69) is 6.92 Å². The second-order valence-corrected chi connectivity index (χ2v) is 6.01. The van der Waals surface area contributed by atoms with Crippen molar-refractivity contribution >= 4 is 11.6 Å². The van der Waals surface area contributed by atoms with Crippen LogP contribution < -0.4 is 5.73 Å². The molecule has 1 rings (SSSR count). The normalized spacial score (nSPS) is 15.1. The summed E-state index contributed by atoms with van der Waals surface area (Å²) < 4.78 is 11.4. The zero-order valence-electron chi connectivity index (χ0n) is 12.9. The van der Waals surface area contributed by atoms with Crippen molar-refractivity contribution in [1.29, 1.82) is 0 Å². The minimum Gasteiger partial charge on any atom is -0.379 e. The molecule has 2 unspecified atom stereocenters. The SMILES string of the molecule is CCC(N)C(OCCC(C)(C)OC)c1ccccc1Cl. The van der Waals surface area contributed by atoms with Gasteiger partial charge in [0, 0.05) is 23.7 Å². The Morgan fingerprint density at radius 1 is 1.30 bits per heavy atom. The van der Waals surface area contributed by atoms with Gasteiger partial charge in [0.1, 0.15) is 0 Å². The molecular weight excluding hydrogens is 274 g/mol. The maximum atomic E-state index is 6.26. The summed E-state index contributed by atoms with van der Waals surface area (Å²) in [6.45, 7) is 6.72. The first-order valence-corrected chi connectivity index (χ1v) is 7.46. The quantitative estimate of drug-likeness (QED) is 0.790. The second-order valence-electron chi connectivity index (χ2n) is 5.60. The fourth-order valence-corrected chi connectivity index (χ4v) is 2.14. The van der Waals surface area contributed by atoms with E-state index < -0.39 is 0 Å². The van der Waals surface area contributed by atoms with E-state index in [0.29, 0.717) is 11.6 Å². The van der Waals surface area contributed by atoms with Gasteiger partial charge in [-0.15, -0.1) is 0 Å². The highest BCUT2D eigenvalue weighted by molar-refractivity contribution is 6.31. The molecule has 0 bridgehead atoms. The molecule has 0 aliphatic heterocycles. The molecule has 114 valence electrons. The number of halogens is 1. The van der Waals surface area contributed by atoms with E-state index in [9.17, 15) is 0 Å². The van der Waals surface area contributed by atoms with Crippen molar-refractivity contribution in [3.8, 4) is 0 Å². The maximum absolute atomic E-state index is 6.26. The molecular formula is C16H26ClNO2. The van der Waals surface area contributed by atoms with E-state index in [1.54, 1.807) is 7.11 Å². The van der Waals surface area contributed by atoms with Gasteiger partial charge >= 0.3 is 0 Å². The van der Waals surface area contributed by atoms with Crippen LogP contribution in [0, 0.1) is 0 Å². The summed E-state index contributed by atoms with van der Waals surface area (Å²) in [7, 11) is 1.71. The Hall–Kier alpha value is -0.610. The van der Waals surface area contributed by atoms with Gasteiger partial charge < -0.3 is 15.2 Å². The number of hydrogen-bond acceptors (Lipinski definition) is 3. The topological polar surface area (TPSA) is 44.5 Å². The van der Waals surface area contributed by atoms with Crippen LogP contribution >= 0.6 is 11.6 Å². The molecule has 2 atom stereocenters. The van der Waals surface area contributed by atoms with Gasteiger partial charge in [0.25, 0.3) is 0 Å². The zero-order chi connectivity index (χ0) is 15.2. The van der Waals surface area contributed by atoms with E-state index in [4.69, 9.17) is 26.8 Å². The molecule has 1 aromatic rings. The molecule has 0 amide bonds. The molecule has 0 aliphatic carbocycles. The third-order valence-electron chi connectivity index (χ3n) is 3.63. The van der Waals surface area contributed by atoms with Gasteiger partial charge in [-0.05, 0) is 32.8 Å². The lowest BCUT2D eigenvalue weighted by atomic mass is 10.0. The predicted octanol–water partition coefficient (Wildman–Crippen LogP) is 3.95. The van der Waals surface area contributed by atoms with E-state index >= 15 is 0 Å². The second kappa shape index (κ2) is 7.99. The number of hydrogen-bond donors (Lipinski definition) is 1. The van der Waals surface area contributed by atoms with E-state index in [1.165, 1.54) is 0 Å². The molecule has 0 saturated carbocycles. The van der Waals surface area contributed by atoms with Crippen molar-refractivity contribution in [3.63, 3.8) is 0 Å². The summed E-state index contributed by atoms with van der Waals surface area (Å²) in [5.41, 5.74) is 6.95. The summed E-state index contributed by atoms with van der Waals surface area (Å²) in [6, 6.07) is 7.65. The van der Waals surface area contributed by atoms with Crippen LogP contribution in [-0.4, -0.2) is 25.4 Å². The Morgan fingerprint density at radius 2 is 1.95 bits per heavy atom. The van der Waals surface area contributed by atoms with Gasteiger partial charge in [-0.2, -0.15) is 0 Å². The minimum absolute atomic E-state index is 0.0689. The molecule has 0 radical (unpaired) electrons. The number of methoxy groups -OCH3 is 1. The Kier molecular flexibility index (Phi) is 6.96. The molecule has 0 saturated heterocycles. The van der Waals surface area contributed by atoms with Crippen LogP contribution in [0.5, 0.6) is 0 Å². The Morgan fingerprint density at radius 3 is 2.50 bits per heavy atom. The molecule has 0 spiro atoms. The molecule has 0 heterocycles. The number of ether oxygens (including phenoxy) is 2. The lowest BCUT2D eigenvalue weighted by Gasteiger charge is -2.28. The maximum Gasteiger partial charge on any atom is 0.0989 e. The molecule has 2 N–H and O–H groups in total. The fourth-order valence-electron chi connectivity index (χ4n) is 1.90. The molecule has 3 nitrogen and oxygen atoms in total. The van der Waals surface area contributed by atoms with Crippen LogP contribution in [0.3, 0.4) is 0 Å². The zero-order valence-corrected chi connectivity index (χ0v) is 13.6. The number of rotatable bonds is 8. The van der Waals surface area contributed by atoms with Crippen molar-refractivity contribution in [2.75, 3.05) is 13.7 Å². The molecule has 1 aromatic carbocycles. The summed E-state index contributed by atoms with van der Waals surface area (Å²) in [5, 5.41) is 0.701. The first kappa shape index (κ1) is 17.4. The Labute approximate surface area is 127 Å². The third-order valence-corrected chi connectivity index (χ3v) is 3.97.